The van der Waals surface area contributed by atoms with Crippen LogP contribution in [0.1, 0.15) is 33.6 Å². The highest BCUT2D eigenvalue weighted by atomic mass is 14.7. The van der Waals surface area contributed by atoms with Crippen molar-refractivity contribution in [3.8, 4) is 0 Å². The van der Waals surface area contributed by atoms with Crippen molar-refractivity contribution in [3.63, 3.8) is 0 Å². The minimum absolute atomic E-state index is 0.492. The summed E-state index contributed by atoms with van der Waals surface area (Å²) in [4.78, 5) is 0. The van der Waals surface area contributed by atoms with Gasteiger partial charge in [-0.2, -0.15) is 0 Å². The van der Waals surface area contributed by atoms with Crippen LogP contribution in [-0.2, 0) is 0 Å². The number of hydrogen-bond donors (Lipinski definition) is 1. The number of fused-ring (bicyclic) bond motifs is 2. The van der Waals surface area contributed by atoms with Crippen molar-refractivity contribution in [2.45, 2.75) is 39.7 Å². The second-order valence-corrected chi connectivity index (χ2v) is 5.12. The first-order chi connectivity index (χ1) is 5.03. The van der Waals surface area contributed by atoms with Crippen molar-refractivity contribution in [2.75, 3.05) is 0 Å². The summed E-state index contributed by atoms with van der Waals surface area (Å²) in [5.74, 6) is 2.60. The Balaban J connectivity index is 2.17. The molecule has 1 heteroatoms. The third-order valence-corrected chi connectivity index (χ3v) is 4.41. The van der Waals surface area contributed by atoms with Gasteiger partial charge in [0, 0.05) is 6.04 Å². The second-order valence-electron chi connectivity index (χ2n) is 5.12. The molecule has 0 aliphatic heterocycles. The van der Waals surface area contributed by atoms with E-state index in [0.29, 0.717) is 11.5 Å². The molecule has 0 radical (unpaired) electrons. The van der Waals surface area contributed by atoms with Crippen LogP contribution in [0.15, 0.2) is 0 Å². The van der Waals surface area contributed by atoms with E-state index < -0.39 is 0 Å². The zero-order chi connectivity index (χ0) is 8.22. The number of nitrogens with two attached hydrogens (primary N) is 1. The Morgan fingerprint density at radius 1 is 1.27 bits per heavy atom. The van der Waals surface area contributed by atoms with E-state index in [1.54, 1.807) is 0 Å². The van der Waals surface area contributed by atoms with Crippen LogP contribution in [0, 0.1) is 23.2 Å². The minimum Gasteiger partial charge on any atom is -0.327 e. The van der Waals surface area contributed by atoms with E-state index in [1.165, 1.54) is 12.8 Å². The Morgan fingerprint density at radius 2 is 1.91 bits per heavy atom. The standard InChI is InChI=1S/C10H19N/c1-6-8-4-7(5-9(6)11)10(8,2)3/h6-9H,4-5,11H2,1-3H3/t6-,7-,8+,9?/m0/s1. The predicted molar refractivity (Wildman–Crippen MR) is 47.1 cm³/mol. The fourth-order valence-electron chi connectivity index (χ4n) is 3.19. The Morgan fingerprint density at radius 3 is 2.27 bits per heavy atom. The zero-order valence-corrected chi connectivity index (χ0v) is 7.80. The molecule has 2 bridgehead atoms. The first-order valence-corrected chi connectivity index (χ1v) is 4.79. The van der Waals surface area contributed by atoms with Gasteiger partial charge in [-0.05, 0) is 36.0 Å². The van der Waals surface area contributed by atoms with Gasteiger partial charge in [-0.1, -0.05) is 20.8 Å². The highest BCUT2D eigenvalue weighted by Gasteiger charge is 2.55. The molecule has 3 aliphatic carbocycles. The summed E-state index contributed by atoms with van der Waals surface area (Å²) >= 11 is 0. The lowest BCUT2D eigenvalue weighted by molar-refractivity contribution is -0.108. The summed E-state index contributed by atoms with van der Waals surface area (Å²) in [6.07, 6.45) is 2.71. The summed E-state index contributed by atoms with van der Waals surface area (Å²) in [7, 11) is 0. The molecule has 0 saturated heterocycles. The molecule has 1 unspecified atom stereocenters. The van der Waals surface area contributed by atoms with Crippen LogP contribution in [-0.4, -0.2) is 6.04 Å². The first-order valence-electron chi connectivity index (χ1n) is 4.79. The van der Waals surface area contributed by atoms with E-state index in [4.69, 9.17) is 5.73 Å². The molecule has 0 heterocycles. The van der Waals surface area contributed by atoms with Crippen LogP contribution < -0.4 is 5.73 Å². The molecule has 0 aromatic heterocycles. The van der Waals surface area contributed by atoms with Crippen molar-refractivity contribution in [3.05, 3.63) is 0 Å². The predicted octanol–water partition coefficient (Wildman–Crippen LogP) is 2.02. The Hall–Kier alpha value is -0.0400. The van der Waals surface area contributed by atoms with Crippen molar-refractivity contribution in [1.29, 1.82) is 0 Å². The van der Waals surface area contributed by atoms with E-state index in [-0.39, 0.29) is 0 Å². The molecule has 1 nitrogen and oxygen atoms in total. The molecule has 0 aromatic carbocycles. The smallest absolute Gasteiger partial charge is 0.00702 e. The van der Waals surface area contributed by atoms with Crippen LogP contribution in [0.5, 0.6) is 0 Å². The number of rotatable bonds is 0. The molecule has 3 rings (SSSR count). The van der Waals surface area contributed by atoms with Gasteiger partial charge in [0.15, 0.2) is 0 Å². The molecule has 0 amide bonds. The largest absolute Gasteiger partial charge is 0.327 e. The quantitative estimate of drug-likeness (QED) is 0.566. The lowest BCUT2D eigenvalue weighted by atomic mass is 9.45. The van der Waals surface area contributed by atoms with Gasteiger partial charge in [0.05, 0.1) is 0 Å². The van der Waals surface area contributed by atoms with E-state index in [9.17, 15) is 0 Å². The maximum absolute atomic E-state index is 6.02. The molecule has 3 aliphatic rings. The van der Waals surface area contributed by atoms with Crippen LogP contribution in [0.4, 0.5) is 0 Å². The topological polar surface area (TPSA) is 26.0 Å². The second kappa shape index (κ2) is 2.01. The van der Waals surface area contributed by atoms with E-state index in [0.717, 1.165) is 17.8 Å². The van der Waals surface area contributed by atoms with Gasteiger partial charge in [0.1, 0.15) is 0 Å². The lowest BCUT2D eigenvalue weighted by Gasteiger charge is -2.61. The molecule has 64 valence electrons. The van der Waals surface area contributed by atoms with Crippen LogP contribution in [0.2, 0.25) is 0 Å². The zero-order valence-electron chi connectivity index (χ0n) is 7.80. The van der Waals surface area contributed by atoms with Gasteiger partial charge < -0.3 is 5.73 Å². The minimum atomic E-state index is 0.492. The van der Waals surface area contributed by atoms with Gasteiger partial charge in [-0.15, -0.1) is 0 Å². The van der Waals surface area contributed by atoms with Gasteiger partial charge in [0.2, 0.25) is 0 Å². The highest BCUT2D eigenvalue weighted by Crippen LogP contribution is 2.60. The van der Waals surface area contributed by atoms with Crippen molar-refractivity contribution >= 4 is 0 Å². The molecular formula is C10H19N. The average molecular weight is 153 g/mol. The molecule has 0 spiro atoms. The van der Waals surface area contributed by atoms with Gasteiger partial charge in [0.25, 0.3) is 0 Å². The molecule has 2 N–H and O–H groups in total. The fourth-order valence-corrected chi connectivity index (χ4v) is 3.19. The SMILES string of the molecule is C[C@@H]1C(N)C[C@@H]2C[C@H]1C2(C)C. The number of hydrogen-bond acceptors (Lipinski definition) is 1. The average Bonchev–Trinajstić information content (AvgIpc) is 1.93. The Kier molecular flexibility index (Phi) is 1.39. The van der Waals surface area contributed by atoms with Gasteiger partial charge in [-0.3, -0.25) is 0 Å². The third-order valence-electron chi connectivity index (χ3n) is 4.41. The summed E-state index contributed by atoms with van der Waals surface area (Å²) < 4.78 is 0. The van der Waals surface area contributed by atoms with Crippen molar-refractivity contribution in [2.24, 2.45) is 28.9 Å². The molecule has 0 aromatic rings. The monoisotopic (exact) mass is 153 g/mol. The maximum atomic E-state index is 6.02. The first kappa shape index (κ1) is 7.60. The van der Waals surface area contributed by atoms with E-state index in [2.05, 4.69) is 20.8 Å². The molecule has 3 saturated carbocycles. The van der Waals surface area contributed by atoms with Crippen LogP contribution >= 0.6 is 0 Å². The van der Waals surface area contributed by atoms with E-state index in [1.807, 2.05) is 0 Å². The van der Waals surface area contributed by atoms with Gasteiger partial charge in [-0.25, -0.2) is 0 Å². The van der Waals surface area contributed by atoms with Crippen LogP contribution in [0.3, 0.4) is 0 Å². The highest BCUT2D eigenvalue weighted by molar-refractivity contribution is 5.06. The van der Waals surface area contributed by atoms with Crippen LogP contribution in [0.25, 0.3) is 0 Å². The molecule has 4 atom stereocenters. The fraction of sp³-hybridized carbons (Fsp3) is 1.00. The lowest BCUT2D eigenvalue weighted by Crippen LogP contribution is -2.58. The van der Waals surface area contributed by atoms with Crippen molar-refractivity contribution < 1.29 is 0 Å². The summed E-state index contributed by atoms with van der Waals surface area (Å²) in [5.41, 5.74) is 6.63. The van der Waals surface area contributed by atoms with E-state index >= 15 is 0 Å². The third kappa shape index (κ3) is 0.807. The molecule has 3 fully saturated rings. The normalized spacial score (nSPS) is 53.5. The molecule has 11 heavy (non-hydrogen) atoms. The Labute approximate surface area is 69.4 Å². The summed E-state index contributed by atoms with van der Waals surface area (Å²) in [6, 6.07) is 0.492. The van der Waals surface area contributed by atoms with Gasteiger partial charge >= 0.3 is 0 Å². The summed E-state index contributed by atoms with van der Waals surface area (Å²) in [5, 5.41) is 0. The maximum Gasteiger partial charge on any atom is 0.00702 e. The molecular weight excluding hydrogens is 134 g/mol. The van der Waals surface area contributed by atoms with Crippen molar-refractivity contribution in [1.82, 2.24) is 0 Å². The summed E-state index contributed by atoms with van der Waals surface area (Å²) in [6.45, 7) is 7.15. The Bertz CT molecular complexity index is 174.